The lowest BCUT2D eigenvalue weighted by atomic mass is 9.33. The van der Waals surface area contributed by atoms with E-state index in [2.05, 4.69) is 119 Å². The number of rotatable bonds is 1. The second-order valence-electron chi connectivity index (χ2n) is 8.97. The molecule has 3 nitrogen and oxygen atoms in total. The van der Waals surface area contributed by atoms with Gasteiger partial charge in [0.25, 0.3) is 6.71 Å². The van der Waals surface area contributed by atoms with Crippen molar-refractivity contribution < 1.29 is 4.74 Å². The first-order chi connectivity index (χ1) is 16.9. The van der Waals surface area contributed by atoms with Crippen LogP contribution in [-0.4, -0.2) is 6.71 Å². The van der Waals surface area contributed by atoms with Crippen LogP contribution < -0.4 is 30.9 Å². The molecule has 3 aliphatic heterocycles. The highest BCUT2D eigenvalue weighted by Gasteiger charge is 2.45. The van der Waals surface area contributed by atoms with E-state index < -0.39 is 0 Å². The predicted octanol–water partition coefficient (Wildman–Crippen LogP) is 5.87. The molecule has 0 saturated heterocycles. The number of hydrogen-bond donors (Lipinski definition) is 0. The Morgan fingerprint density at radius 3 is 1.97 bits per heavy atom. The van der Waals surface area contributed by atoms with Gasteiger partial charge in [0, 0.05) is 22.7 Å². The highest BCUT2D eigenvalue weighted by Crippen LogP contribution is 2.52. The molecule has 0 radical (unpaired) electrons. The average molecular weight is 434 g/mol. The standard InChI is InChI=1S/C30H19BN2O/c1-2-10-20(11-3-1)32-23-14-5-4-12-21(23)31-22-13-8-19-28-30(22)33(24-15-6-7-18-27(24)34-28)26-17-9-16-25(32)29(26)31/h1-19H. The minimum Gasteiger partial charge on any atom is -0.453 e. The maximum Gasteiger partial charge on any atom is 0.252 e. The average Bonchev–Trinajstić information content (AvgIpc) is 2.90. The quantitative estimate of drug-likeness (QED) is 0.301. The minimum absolute atomic E-state index is 0.141. The van der Waals surface area contributed by atoms with Crippen LogP contribution in [0.2, 0.25) is 0 Å². The van der Waals surface area contributed by atoms with Crippen LogP contribution >= 0.6 is 0 Å². The third kappa shape index (κ3) is 2.22. The molecule has 34 heavy (non-hydrogen) atoms. The van der Waals surface area contributed by atoms with Crippen molar-refractivity contribution in [2.24, 2.45) is 0 Å². The van der Waals surface area contributed by atoms with Crippen LogP contribution in [0.3, 0.4) is 0 Å². The van der Waals surface area contributed by atoms with E-state index in [0.717, 1.165) is 22.9 Å². The minimum atomic E-state index is 0.141. The Labute approximate surface area is 198 Å². The fourth-order valence-corrected chi connectivity index (χ4v) is 5.94. The topological polar surface area (TPSA) is 15.7 Å². The molecule has 0 spiro atoms. The van der Waals surface area contributed by atoms with Crippen LogP contribution in [0, 0.1) is 0 Å². The molecule has 0 bridgehead atoms. The van der Waals surface area contributed by atoms with Crippen LogP contribution in [0.25, 0.3) is 0 Å². The second-order valence-corrected chi connectivity index (χ2v) is 8.97. The van der Waals surface area contributed by atoms with Gasteiger partial charge in [0.1, 0.15) is 0 Å². The molecule has 3 heterocycles. The number of hydrogen-bond acceptors (Lipinski definition) is 3. The Morgan fingerprint density at radius 2 is 1.09 bits per heavy atom. The lowest BCUT2D eigenvalue weighted by Crippen LogP contribution is -2.61. The van der Waals surface area contributed by atoms with Crippen molar-refractivity contribution in [3.63, 3.8) is 0 Å². The van der Waals surface area contributed by atoms with E-state index in [0.29, 0.717) is 0 Å². The fraction of sp³-hybridized carbons (Fsp3) is 0. The predicted molar refractivity (Wildman–Crippen MR) is 141 cm³/mol. The maximum absolute atomic E-state index is 6.41. The van der Waals surface area contributed by atoms with Crippen LogP contribution in [0.1, 0.15) is 0 Å². The van der Waals surface area contributed by atoms with E-state index in [9.17, 15) is 0 Å². The summed E-state index contributed by atoms with van der Waals surface area (Å²) in [6, 6.07) is 41.0. The molecule has 0 amide bonds. The number of ether oxygens (including phenoxy) is 1. The summed E-state index contributed by atoms with van der Waals surface area (Å²) >= 11 is 0. The second kappa shape index (κ2) is 6.55. The number of nitrogens with zero attached hydrogens (tertiary/aromatic N) is 2. The van der Waals surface area contributed by atoms with Crippen molar-refractivity contribution in [1.82, 2.24) is 0 Å². The molecule has 4 heteroatoms. The lowest BCUT2D eigenvalue weighted by molar-refractivity contribution is 0.477. The van der Waals surface area contributed by atoms with Gasteiger partial charge < -0.3 is 14.5 Å². The zero-order valence-electron chi connectivity index (χ0n) is 18.3. The first kappa shape index (κ1) is 18.0. The van der Waals surface area contributed by atoms with Gasteiger partial charge in [0.05, 0.1) is 11.4 Å². The number of fused-ring (bicyclic) bond motifs is 6. The summed E-state index contributed by atoms with van der Waals surface area (Å²) in [5.41, 5.74) is 11.0. The van der Waals surface area contributed by atoms with E-state index in [1.807, 2.05) is 6.07 Å². The van der Waals surface area contributed by atoms with Gasteiger partial charge in [-0.1, -0.05) is 66.7 Å². The smallest absolute Gasteiger partial charge is 0.252 e. The molecule has 0 unspecified atom stereocenters. The Balaban J connectivity index is 1.50. The van der Waals surface area contributed by atoms with Crippen molar-refractivity contribution in [3.8, 4) is 11.5 Å². The summed E-state index contributed by atoms with van der Waals surface area (Å²) in [5, 5.41) is 0. The SMILES string of the molecule is c1ccc(N2c3ccccc3B3c4cccc5c4N(c4ccccc4O5)c4cccc2c43)cc1. The van der Waals surface area contributed by atoms with Gasteiger partial charge >= 0.3 is 0 Å². The Morgan fingerprint density at radius 1 is 0.471 bits per heavy atom. The van der Waals surface area contributed by atoms with Gasteiger partial charge in [-0.2, -0.15) is 0 Å². The molecular weight excluding hydrogens is 415 g/mol. The first-order valence-electron chi connectivity index (χ1n) is 11.7. The van der Waals surface area contributed by atoms with Crippen molar-refractivity contribution in [2.75, 3.05) is 9.80 Å². The zero-order valence-corrected chi connectivity index (χ0v) is 18.3. The van der Waals surface area contributed by atoms with Gasteiger partial charge in [-0.05, 0) is 64.9 Å². The zero-order chi connectivity index (χ0) is 22.2. The molecule has 0 fully saturated rings. The van der Waals surface area contributed by atoms with E-state index in [1.165, 1.54) is 39.1 Å². The van der Waals surface area contributed by atoms with E-state index in [-0.39, 0.29) is 6.71 Å². The van der Waals surface area contributed by atoms with Crippen LogP contribution in [0.5, 0.6) is 11.5 Å². The van der Waals surface area contributed by atoms with Crippen LogP contribution in [0.15, 0.2) is 115 Å². The summed E-state index contributed by atoms with van der Waals surface area (Å²) in [7, 11) is 0. The Kier molecular flexibility index (Phi) is 3.48. The molecule has 158 valence electrons. The molecule has 0 aromatic heterocycles. The highest BCUT2D eigenvalue weighted by atomic mass is 16.5. The fourth-order valence-electron chi connectivity index (χ4n) is 5.94. The molecule has 8 rings (SSSR count). The van der Waals surface area contributed by atoms with Crippen LogP contribution in [0.4, 0.5) is 34.1 Å². The number of benzene rings is 5. The molecule has 0 N–H and O–H groups in total. The monoisotopic (exact) mass is 434 g/mol. The van der Waals surface area contributed by atoms with Gasteiger partial charge in [-0.15, -0.1) is 0 Å². The number of para-hydroxylation sites is 5. The van der Waals surface area contributed by atoms with Gasteiger partial charge in [0.15, 0.2) is 11.5 Å². The summed E-state index contributed by atoms with van der Waals surface area (Å²) in [5.74, 6) is 1.80. The molecule has 0 atom stereocenters. The summed E-state index contributed by atoms with van der Waals surface area (Å²) in [4.78, 5) is 4.81. The molecule has 5 aromatic rings. The largest absolute Gasteiger partial charge is 0.453 e. The maximum atomic E-state index is 6.41. The Bertz CT molecular complexity index is 1610. The third-order valence-electron chi connectivity index (χ3n) is 7.22. The normalized spacial score (nSPS) is 13.9. The van der Waals surface area contributed by atoms with Crippen molar-refractivity contribution >= 4 is 57.2 Å². The van der Waals surface area contributed by atoms with Crippen LogP contribution in [-0.2, 0) is 0 Å². The molecule has 5 aromatic carbocycles. The van der Waals surface area contributed by atoms with Gasteiger partial charge in [-0.25, -0.2) is 0 Å². The van der Waals surface area contributed by atoms with Crippen molar-refractivity contribution in [1.29, 1.82) is 0 Å². The van der Waals surface area contributed by atoms with E-state index in [4.69, 9.17) is 4.74 Å². The highest BCUT2D eigenvalue weighted by molar-refractivity contribution is 7.00. The molecular formula is C30H19BN2O. The summed E-state index contributed by atoms with van der Waals surface area (Å²) in [6.45, 7) is 0.141. The first-order valence-corrected chi connectivity index (χ1v) is 11.7. The molecule has 0 saturated carbocycles. The van der Waals surface area contributed by atoms with Crippen molar-refractivity contribution in [3.05, 3.63) is 115 Å². The number of anilines is 6. The summed E-state index contributed by atoms with van der Waals surface area (Å²) < 4.78 is 6.41. The van der Waals surface area contributed by atoms with Crippen molar-refractivity contribution in [2.45, 2.75) is 0 Å². The molecule has 0 aliphatic carbocycles. The van der Waals surface area contributed by atoms with Gasteiger partial charge in [0.2, 0.25) is 0 Å². The van der Waals surface area contributed by atoms with E-state index in [1.54, 1.807) is 0 Å². The third-order valence-corrected chi connectivity index (χ3v) is 7.22. The lowest BCUT2D eigenvalue weighted by Gasteiger charge is -2.45. The molecule has 3 aliphatic rings. The van der Waals surface area contributed by atoms with Gasteiger partial charge in [-0.3, -0.25) is 0 Å². The summed E-state index contributed by atoms with van der Waals surface area (Å²) in [6.07, 6.45) is 0. The van der Waals surface area contributed by atoms with E-state index >= 15 is 0 Å². The Hall–Kier alpha value is -4.44.